The van der Waals surface area contributed by atoms with E-state index in [9.17, 15) is 0 Å². The summed E-state index contributed by atoms with van der Waals surface area (Å²) in [6, 6.07) is 0. The zero-order valence-corrected chi connectivity index (χ0v) is 6.38. The van der Waals surface area contributed by atoms with E-state index in [1.807, 2.05) is 0 Å². The Hall–Kier alpha value is -0.120. The molecule has 1 unspecified atom stereocenters. The summed E-state index contributed by atoms with van der Waals surface area (Å²) in [6.07, 6.45) is 3.61. The molecule has 0 aromatic heterocycles. The second-order valence-corrected chi connectivity index (χ2v) is 2.43. The largest absolute Gasteiger partial charge is 0.359 e. The number of methoxy groups -OCH3 is 1. The fourth-order valence-corrected chi connectivity index (χ4v) is 1.04. The number of ether oxygens (including phenoxy) is 2. The Kier molecular flexibility index (Phi) is 3.72. The van der Waals surface area contributed by atoms with Gasteiger partial charge in [-0.05, 0) is 19.3 Å². The van der Waals surface area contributed by atoms with Crippen LogP contribution in [0.25, 0.3) is 0 Å². The third-order valence-electron chi connectivity index (χ3n) is 1.57. The van der Waals surface area contributed by atoms with Crippen molar-refractivity contribution in [2.24, 2.45) is 0 Å². The molecular formula is C7H14NO2. The van der Waals surface area contributed by atoms with E-state index in [2.05, 4.69) is 5.32 Å². The van der Waals surface area contributed by atoms with Crippen molar-refractivity contribution in [1.29, 1.82) is 0 Å². The standard InChI is InChI=1S/C7H14NO2/c1-9-6-10-7-4-2-3-5-8-7/h7H,2-6H2,1H3. The lowest BCUT2D eigenvalue weighted by molar-refractivity contribution is -0.0922. The van der Waals surface area contributed by atoms with Gasteiger partial charge >= 0.3 is 0 Å². The van der Waals surface area contributed by atoms with Crippen LogP contribution in [0.4, 0.5) is 0 Å². The molecule has 0 aromatic carbocycles. The van der Waals surface area contributed by atoms with Gasteiger partial charge < -0.3 is 9.47 Å². The van der Waals surface area contributed by atoms with Crippen molar-refractivity contribution < 1.29 is 9.47 Å². The van der Waals surface area contributed by atoms with Gasteiger partial charge in [-0.3, -0.25) is 0 Å². The van der Waals surface area contributed by atoms with Gasteiger partial charge in [0.25, 0.3) is 0 Å². The molecule has 1 atom stereocenters. The van der Waals surface area contributed by atoms with Crippen molar-refractivity contribution in [1.82, 2.24) is 5.32 Å². The number of hydrogen-bond acceptors (Lipinski definition) is 2. The average Bonchev–Trinajstić information content (AvgIpc) is 2.03. The molecule has 0 saturated carbocycles. The Morgan fingerprint density at radius 1 is 1.50 bits per heavy atom. The lowest BCUT2D eigenvalue weighted by atomic mass is 10.1. The number of nitrogens with zero attached hydrogens (tertiary/aromatic N) is 1. The summed E-state index contributed by atoms with van der Waals surface area (Å²) >= 11 is 0. The summed E-state index contributed by atoms with van der Waals surface area (Å²) in [6.45, 7) is 1.32. The summed E-state index contributed by atoms with van der Waals surface area (Å²) in [7, 11) is 1.63. The Bertz CT molecular complexity index is 81.7. The average molecular weight is 144 g/mol. The summed E-state index contributed by atoms with van der Waals surface area (Å²) in [5.41, 5.74) is 0. The third-order valence-corrected chi connectivity index (χ3v) is 1.57. The fourth-order valence-electron chi connectivity index (χ4n) is 1.04. The molecule has 1 aliphatic rings. The minimum Gasteiger partial charge on any atom is -0.359 e. The predicted molar refractivity (Wildman–Crippen MR) is 37.6 cm³/mol. The van der Waals surface area contributed by atoms with Gasteiger partial charge in [-0.2, -0.15) is 0 Å². The van der Waals surface area contributed by atoms with E-state index < -0.39 is 0 Å². The van der Waals surface area contributed by atoms with Crippen LogP contribution in [-0.2, 0) is 9.47 Å². The minimum absolute atomic E-state index is 0.105. The first-order valence-electron chi connectivity index (χ1n) is 3.70. The molecule has 0 spiro atoms. The molecule has 0 amide bonds. The highest BCUT2D eigenvalue weighted by atomic mass is 16.7. The number of piperidine rings is 1. The van der Waals surface area contributed by atoms with E-state index in [0.29, 0.717) is 6.79 Å². The molecule has 1 saturated heterocycles. The van der Waals surface area contributed by atoms with E-state index in [1.54, 1.807) is 7.11 Å². The quantitative estimate of drug-likeness (QED) is 0.547. The first-order chi connectivity index (χ1) is 4.93. The Morgan fingerprint density at radius 2 is 2.40 bits per heavy atom. The molecule has 1 rings (SSSR count). The molecule has 1 fully saturated rings. The highest BCUT2D eigenvalue weighted by Crippen LogP contribution is 2.08. The van der Waals surface area contributed by atoms with E-state index in [1.165, 1.54) is 12.8 Å². The maximum atomic E-state index is 5.24. The third kappa shape index (κ3) is 2.64. The van der Waals surface area contributed by atoms with Crippen LogP contribution in [0.15, 0.2) is 0 Å². The van der Waals surface area contributed by atoms with Crippen molar-refractivity contribution in [3.63, 3.8) is 0 Å². The normalized spacial score (nSPS) is 26.7. The zero-order valence-electron chi connectivity index (χ0n) is 6.38. The molecule has 0 N–H and O–H groups in total. The molecule has 1 aliphatic heterocycles. The molecule has 10 heavy (non-hydrogen) atoms. The van der Waals surface area contributed by atoms with Gasteiger partial charge in [-0.25, -0.2) is 5.32 Å². The molecule has 59 valence electrons. The van der Waals surface area contributed by atoms with Gasteiger partial charge in [0.1, 0.15) is 13.0 Å². The SMILES string of the molecule is COCOC1CCCC[N]1. The maximum absolute atomic E-state index is 5.24. The molecule has 0 bridgehead atoms. The van der Waals surface area contributed by atoms with Crippen molar-refractivity contribution in [2.75, 3.05) is 20.4 Å². The Morgan fingerprint density at radius 3 is 3.00 bits per heavy atom. The van der Waals surface area contributed by atoms with Gasteiger partial charge in [0, 0.05) is 13.7 Å². The molecule has 0 aliphatic carbocycles. The first-order valence-corrected chi connectivity index (χ1v) is 3.70. The molecular weight excluding hydrogens is 130 g/mol. The highest BCUT2D eigenvalue weighted by molar-refractivity contribution is 4.61. The molecule has 1 heterocycles. The fraction of sp³-hybridized carbons (Fsp3) is 1.00. The van der Waals surface area contributed by atoms with Crippen LogP contribution in [0.3, 0.4) is 0 Å². The van der Waals surface area contributed by atoms with Gasteiger partial charge in [-0.1, -0.05) is 0 Å². The van der Waals surface area contributed by atoms with Crippen LogP contribution in [0, 0.1) is 0 Å². The van der Waals surface area contributed by atoms with Crippen LogP contribution in [0.2, 0.25) is 0 Å². The van der Waals surface area contributed by atoms with Crippen LogP contribution in [0.5, 0.6) is 0 Å². The van der Waals surface area contributed by atoms with E-state index in [4.69, 9.17) is 9.47 Å². The monoisotopic (exact) mass is 144 g/mol. The first kappa shape index (κ1) is 7.98. The second kappa shape index (κ2) is 4.66. The lowest BCUT2D eigenvalue weighted by Crippen LogP contribution is -2.30. The summed E-state index contributed by atoms with van der Waals surface area (Å²) in [5.74, 6) is 0. The Labute approximate surface area is 61.7 Å². The van der Waals surface area contributed by atoms with Crippen molar-refractivity contribution in [2.45, 2.75) is 25.5 Å². The van der Waals surface area contributed by atoms with Crippen LogP contribution >= 0.6 is 0 Å². The molecule has 3 nitrogen and oxygen atoms in total. The molecule has 3 heteroatoms. The van der Waals surface area contributed by atoms with Gasteiger partial charge in [0.15, 0.2) is 0 Å². The predicted octanol–water partition coefficient (Wildman–Crippen LogP) is 0.721. The van der Waals surface area contributed by atoms with Gasteiger partial charge in [-0.15, -0.1) is 0 Å². The van der Waals surface area contributed by atoms with E-state index >= 15 is 0 Å². The van der Waals surface area contributed by atoms with Crippen molar-refractivity contribution in [3.8, 4) is 0 Å². The second-order valence-electron chi connectivity index (χ2n) is 2.43. The van der Waals surface area contributed by atoms with Crippen LogP contribution in [-0.4, -0.2) is 26.7 Å². The highest BCUT2D eigenvalue weighted by Gasteiger charge is 2.12. The van der Waals surface area contributed by atoms with Gasteiger partial charge in [0.2, 0.25) is 0 Å². The van der Waals surface area contributed by atoms with Crippen LogP contribution < -0.4 is 5.32 Å². The smallest absolute Gasteiger partial charge is 0.148 e. The van der Waals surface area contributed by atoms with Crippen LogP contribution in [0.1, 0.15) is 19.3 Å². The van der Waals surface area contributed by atoms with Crippen molar-refractivity contribution >= 4 is 0 Å². The number of rotatable bonds is 3. The minimum atomic E-state index is 0.105. The molecule has 0 aromatic rings. The summed E-state index contributed by atoms with van der Waals surface area (Å²) in [4.78, 5) is 0. The van der Waals surface area contributed by atoms with E-state index in [-0.39, 0.29) is 6.23 Å². The topological polar surface area (TPSA) is 32.6 Å². The maximum Gasteiger partial charge on any atom is 0.148 e. The zero-order chi connectivity index (χ0) is 7.23. The summed E-state index contributed by atoms with van der Waals surface area (Å²) < 4.78 is 10.0. The lowest BCUT2D eigenvalue weighted by Gasteiger charge is -2.20. The Balaban J connectivity index is 2.02. The van der Waals surface area contributed by atoms with E-state index in [0.717, 1.165) is 13.0 Å². The number of hydrogen-bond donors (Lipinski definition) is 0. The molecule has 1 radical (unpaired) electrons. The van der Waals surface area contributed by atoms with Crippen molar-refractivity contribution in [3.05, 3.63) is 0 Å². The van der Waals surface area contributed by atoms with Gasteiger partial charge in [0.05, 0.1) is 0 Å². The summed E-state index contributed by atoms with van der Waals surface area (Å²) in [5, 5.41) is 4.26.